The predicted molar refractivity (Wildman–Crippen MR) is 145 cm³/mol. The summed E-state index contributed by atoms with van der Waals surface area (Å²) >= 11 is 0. The van der Waals surface area contributed by atoms with Gasteiger partial charge < -0.3 is 5.73 Å². The number of fused-ring (bicyclic) bond motifs is 1. The summed E-state index contributed by atoms with van der Waals surface area (Å²) in [4.78, 5) is 20.7. The van der Waals surface area contributed by atoms with Gasteiger partial charge in [0.25, 0.3) is 5.56 Å². The van der Waals surface area contributed by atoms with Crippen molar-refractivity contribution in [3.63, 3.8) is 0 Å². The summed E-state index contributed by atoms with van der Waals surface area (Å²) in [7, 11) is 0. The van der Waals surface area contributed by atoms with Crippen LogP contribution in [0, 0.1) is 5.92 Å². The van der Waals surface area contributed by atoms with E-state index in [4.69, 9.17) is 10.7 Å². The van der Waals surface area contributed by atoms with Gasteiger partial charge in [0.15, 0.2) is 0 Å². The number of benzene rings is 3. The summed E-state index contributed by atoms with van der Waals surface area (Å²) in [5.74, 6) is 0.319. The summed E-state index contributed by atoms with van der Waals surface area (Å²) in [6, 6.07) is 22.7. The van der Waals surface area contributed by atoms with Crippen LogP contribution in [-0.2, 0) is 19.3 Å². The Hall–Kier alpha value is -3.49. The molecular formula is C30H33F3N4O. The first-order chi connectivity index (χ1) is 18.2. The SMILES string of the molecule is CC(C)C(CN(CCN)Cc1ccccc1)c1nc2cc(C(F)(F)F)ccc2c(=O)n1Cc1ccccc1. The van der Waals surface area contributed by atoms with Crippen molar-refractivity contribution in [2.24, 2.45) is 11.7 Å². The van der Waals surface area contributed by atoms with E-state index in [1.54, 1.807) is 4.57 Å². The summed E-state index contributed by atoms with van der Waals surface area (Å²) in [6.45, 7) is 6.66. The van der Waals surface area contributed by atoms with Crippen LogP contribution in [0.2, 0.25) is 0 Å². The Kier molecular flexibility index (Phi) is 8.64. The van der Waals surface area contributed by atoms with E-state index in [-0.39, 0.29) is 34.8 Å². The van der Waals surface area contributed by atoms with Crippen LogP contribution in [0.5, 0.6) is 0 Å². The first-order valence-electron chi connectivity index (χ1n) is 12.8. The number of nitrogens with two attached hydrogens (primary N) is 1. The van der Waals surface area contributed by atoms with Crippen LogP contribution < -0.4 is 11.3 Å². The van der Waals surface area contributed by atoms with Crippen molar-refractivity contribution >= 4 is 10.9 Å². The molecule has 0 aliphatic heterocycles. The largest absolute Gasteiger partial charge is 0.416 e. The second-order valence-corrected chi connectivity index (χ2v) is 9.94. The highest BCUT2D eigenvalue weighted by Crippen LogP contribution is 2.32. The maximum absolute atomic E-state index is 13.8. The molecule has 200 valence electrons. The topological polar surface area (TPSA) is 64.2 Å². The van der Waals surface area contributed by atoms with Gasteiger partial charge in [0.05, 0.1) is 23.0 Å². The van der Waals surface area contributed by atoms with E-state index >= 15 is 0 Å². The van der Waals surface area contributed by atoms with Crippen LogP contribution in [0.4, 0.5) is 13.2 Å². The molecule has 1 atom stereocenters. The highest BCUT2D eigenvalue weighted by molar-refractivity contribution is 5.78. The monoisotopic (exact) mass is 522 g/mol. The van der Waals surface area contributed by atoms with Gasteiger partial charge >= 0.3 is 6.18 Å². The molecule has 0 amide bonds. The number of aromatic nitrogens is 2. The third kappa shape index (κ3) is 6.49. The zero-order valence-corrected chi connectivity index (χ0v) is 21.7. The minimum atomic E-state index is -4.53. The molecule has 3 aromatic carbocycles. The number of hydrogen-bond donors (Lipinski definition) is 1. The fourth-order valence-electron chi connectivity index (χ4n) is 4.74. The smallest absolute Gasteiger partial charge is 0.329 e. The molecule has 2 N–H and O–H groups in total. The Labute approximate surface area is 220 Å². The van der Waals surface area contributed by atoms with Crippen molar-refractivity contribution < 1.29 is 13.2 Å². The zero-order valence-electron chi connectivity index (χ0n) is 21.7. The molecule has 4 rings (SSSR count). The van der Waals surface area contributed by atoms with Crippen molar-refractivity contribution in [2.45, 2.75) is 39.0 Å². The molecule has 0 radical (unpaired) electrons. The normalized spacial score (nSPS) is 12.9. The molecule has 38 heavy (non-hydrogen) atoms. The quantitative estimate of drug-likeness (QED) is 0.292. The molecule has 0 aliphatic rings. The third-order valence-electron chi connectivity index (χ3n) is 6.78. The number of hydrogen-bond acceptors (Lipinski definition) is 4. The van der Waals surface area contributed by atoms with Crippen LogP contribution in [0.3, 0.4) is 0 Å². The second-order valence-electron chi connectivity index (χ2n) is 9.94. The Bertz CT molecular complexity index is 1400. The Morgan fingerprint density at radius 1 is 0.947 bits per heavy atom. The van der Waals surface area contributed by atoms with Gasteiger partial charge in [-0.1, -0.05) is 74.5 Å². The first-order valence-corrected chi connectivity index (χ1v) is 12.8. The fourth-order valence-corrected chi connectivity index (χ4v) is 4.74. The van der Waals surface area contributed by atoms with Crippen LogP contribution in [-0.4, -0.2) is 34.1 Å². The molecule has 8 heteroatoms. The first kappa shape index (κ1) is 27.5. The van der Waals surface area contributed by atoms with E-state index in [9.17, 15) is 18.0 Å². The van der Waals surface area contributed by atoms with Crippen LogP contribution in [0.15, 0.2) is 83.7 Å². The second kappa shape index (κ2) is 11.9. The molecule has 0 aliphatic carbocycles. The molecular weight excluding hydrogens is 489 g/mol. The lowest BCUT2D eigenvalue weighted by Crippen LogP contribution is -2.37. The molecule has 4 aromatic rings. The van der Waals surface area contributed by atoms with Gasteiger partial charge in [0, 0.05) is 32.1 Å². The lowest BCUT2D eigenvalue weighted by molar-refractivity contribution is -0.137. The number of rotatable bonds is 10. The molecule has 5 nitrogen and oxygen atoms in total. The van der Waals surface area contributed by atoms with Crippen molar-refractivity contribution in [3.8, 4) is 0 Å². The molecule has 0 bridgehead atoms. The van der Waals surface area contributed by atoms with E-state index in [1.807, 2.05) is 74.5 Å². The van der Waals surface area contributed by atoms with E-state index in [1.165, 1.54) is 6.07 Å². The van der Waals surface area contributed by atoms with Crippen molar-refractivity contribution in [1.29, 1.82) is 0 Å². The molecule has 1 unspecified atom stereocenters. The molecule has 0 saturated carbocycles. The minimum Gasteiger partial charge on any atom is -0.329 e. The lowest BCUT2D eigenvalue weighted by atomic mass is 9.93. The maximum Gasteiger partial charge on any atom is 0.416 e. The summed E-state index contributed by atoms with van der Waals surface area (Å²) in [5.41, 5.74) is 6.88. The number of nitrogens with zero attached hydrogens (tertiary/aromatic N) is 3. The van der Waals surface area contributed by atoms with Crippen molar-refractivity contribution in [3.05, 3.63) is 112 Å². The molecule has 0 spiro atoms. The van der Waals surface area contributed by atoms with Gasteiger partial charge in [0.2, 0.25) is 0 Å². The predicted octanol–water partition coefficient (Wildman–Crippen LogP) is 5.66. The van der Waals surface area contributed by atoms with Crippen molar-refractivity contribution in [2.75, 3.05) is 19.6 Å². The van der Waals surface area contributed by atoms with Gasteiger partial charge in [0.1, 0.15) is 5.82 Å². The van der Waals surface area contributed by atoms with Gasteiger partial charge in [-0.05, 0) is 35.2 Å². The van der Waals surface area contributed by atoms with Gasteiger partial charge in [-0.3, -0.25) is 14.3 Å². The Morgan fingerprint density at radius 3 is 2.16 bits per heavy atom. The number of halogens is 3. The standard InChI is InChI=1S/C30H33F3N4O/c1-21(2)26(20-36(16-15-34)18-22-9-5-3-6-10-22)28-35-27-17-24(30(31,32)33)13-14-25(27)29(38)37(28)19-23-11-7-4-8-12-23/h3-14,17,21,26H,15-16,18-20,34H2,1-2H3. The average molecular weight is 523 g/mol. The van der Waals surface area contributed by atoms with E-state index in [0.717, 1.165) is 23.3 Å². The average Bonchev–Trinajstić information content (AvgIpc) is 2.89. The highest BCUT2D eigenvalue weighted by atomic mass is 19.4. The van der Waals surface area contributed by atoms with E-state index in [0.29, 0.717) is 32.0 Å². The van der Waals surface area contributed by atoms with E-state index in [2.05, 4.69) is 4.90 Å². The van der Waals surface area contributed by atoms with Crippen LogP contribution >= 0.6 is 0 Å². The molecule has 0 fully saturated rings. The Balaban J connectivity index is 1.84. The highest BCUT2D eigenvalue weighted by Gasteiger charge is 2.32. The number of alkyl halides is 3. The minimum absolute atomic E-state index is 0.0585. The third-order valence-corrected chi connectivity index (χ3v) is 6.78. The molecule has 0 saturated heterocycles. The van der Waals surface area contributed by atoms with Gasteiger partial charge in [-0.25, -0.2) is 4.98 Å². The lowest BCUT2D eigenvalue weighted by Gasteiger charge is -2.31. The molecule has 1 heterocycles. The van der Waals surface area contributed by atoms with Crippen molar-refractivity contribution in [1.82, 2.24) is 14.5 Å². The zero-order chi connectivity index (χ0) is 27.3. The maximum atomic E-state index is 13.8. The van der Waals surface area contributed by atoms with E-state index < -0.39 is 11.7 Å². The molecule has 1 aromatic heterocycles. The summed E-state index contributed by atoms with van der Waals surface area (Å²) < 4.78 is 42.1. The summed E-state index contributed by atoms with van der Waals surface area (Å²) in [6.07, 6.45) is -4.53. The van der Waals surface area contributed by atoms with Gasteiger partial charge in [-0.15, -0.1) is 0 Å². The van der Waals surface area contributed by atoms with Crippen LogP contribution in [0.1, 0.15) is 42.3 Å². The summed E-state index contributed by atoms with van der Waals surface area (Å²) in [5, 5.41) is 0.170. The Morgan fingerprint density at radius 2 is 1.58 bits per heavy atom. The van der Waals surface area contributed by atoms with Gasteiger partial charge in [-0.2, -0.15) is 13.2 Å². The van der Waals surface area contributed by atoms with Crippen LogP contribution in [0.25, 0.3) is 10.9 Å². The fraction of sp³-hybridized carbons (Fsp3) is 0.333.